The molecule has 114 valence electrons. The van der Waals surface area contributed by atoms with Gasteiger partial charge in [0.15, 0.2) is 5.75 Å². The predicted molar refractivity (Wildman–Crippen MR) is 75.3 cm³/mol. The lowest BCUT2D eigenvalue weighted by Gasteiger charge is -2.11. The first-order chi connectivity index (χ1) is 10.0. The van der Waals surface area contributed by atoms with Crippen LogP contribution < -0.4 is 10.1 Å². The average molecular weight is 294 g/mol. The van der Waals surface area contributed by atoms with E-state index in [-0.39, 0.29) is 29.4 Å². The fraction of sp³-hybridized carbons (Fsp3) is 0.500. The summed E-state index contributed by atoms with van der Waals surface area (Å²) in [4.78, 5) is 22.3. The number of hydrogen-bond donors (Lipinski definition) is 2. The van der Waals surface area contributed by atoms with Crippen LogP contribution in [0, 0.1) is 16.0 Å². The quantitative estimate of drug-likeness (QED) is 0.633. The molecule has 2 unspecified atom stereocenters. The summed E-state index contributed by atoms with van der Waals surface area (Å²) >= 11 is 0. The molecule has 1 amide bonds. The van der Waals surface area contributed by atoms with Gasteiger partial charge in [0.25, 0.3) is 5.91 Å². The highest BCUT2D eigenvalue weighted by Crippen LogP contribution is 2.28. The molecule has 1 aliphatic rings. The van der Waals surface area contributed by atoms with Crippen LogP contribution in [0.5, 0.6) is 5.75 Å². The summed E-state index contributed by atoms with van der Waals surface area (Å²) in [5, 5.41) is 23.0. The number of carbonyl (C=O) groups is 1. The molecule has 1 fully saturated rings. The summed E-state index contributed by atoms with van der Waals surface area (Å²) in [7, 11) is 1.32. The third-order valence-corrected chi connectivity index (χ3v) is 3.70. The maximum absolute atomic E-state index is 12.0. The molecule has 0 bridgehead atoms. The summed E-state index contributed by atoms with van der Waals surface area (Å²) in [6, 6.07) is 4.02. The van der Waals surface area contributed by atoms with Gasteiger partial charge in [-0.25, -0.2) is 0 Å². The molecule has 0 saturated heterocycles. The van der Waals surface area contributed by atoms with Crippen LogP contribution in [0.15, 0.2) is 18.2 Å². The van der Waals surface area contributed by atoms with Crippen molar-refractivity contribution in [3.63, 3.8) is 0 Å². The van der Waals surface area contributed by atoms with Crippen LogP contribution >= 0.6 is 0 Å². The Morgan fingerprint density at radius 3 is 2.86 bits per heavy atom. The van der Waals surface area contributed by atoms with Gasteiger partial charge in [-0.2, -0.15) is 0 Å². The first-order valence-corrected chi connectivity index (χ1v) is 6.80. The van der Waals surface area contributed by atoms with Gasteiger partial charge in [0, 0.05) is 24.2 Å². The minimum Gasteiger partial charge on any atom is -0.490 e. The van der Waals surface area contributed by atoms with Crippen LogP contribution in [0.1, 0.15) is 29.6 Å². The molecule has 1 aromatic rings. The first kappa shape index (κ1) is 15.2. The van der Waals surface area contributed by atoms with Crippen LogP contribution in [-0.4, -0.2) is 35.7 Å². The summed E-state index contributed by atoms with van der Waals surface area (Å²) in [5.74, 6) is 0.0393. The zero-order chi connectivity index (χ0) is 15.4. The van der Waals surface area contributed by atoms with E-state index in [0.717, 1.165) is 12.8 Å². The highest BCUT2D eigenvalue weighted by Gasteiger charge is 2.23. The number of benzene rings is 1. The molecule has 7 heteroatoms. The number of ether oxygens (including phenoxy) is 1. The lowest BCUT2D eigenvalue weighted by Crippen LogP contribution is -2.28. The van der Waals surface area contributed by atoms with Gasteiger partial charge in [-0.3, -0.25) is 14.9 Å². The number of rotatable bonds is 5. The molecular weight excluding hydrogens is 276 g/mol. The highest BCUT2D eigenvalue weighted by molar-refractivity contribution is 5.95. The molecule has 0 heterocycles. The van der Waals surface area contributed by atoms with Gasteiger partial charge < -0.3 is 15.2 Å². The molecule has 1 aliphatic carbocycles. The van der Waals surface area contributed by atoms with Crippen molar-refractivity contribution in [3.05, 3.63) is 33.9 Å². The predicted octanol–water partition coefficient (Wildman–Crippen LogP) is 1.49. The maximum Gasteiger partial charge on any atom is 0.310 e. The SMILES string of the molecule is COc1cc(C(=O)NCC2CCC(O)C2)ccc1[N+](=O)[O-]. The van der Waals surface area contributed by atoms with Crippen molar-refractivity contribution in [3.8, 4) is 5.75 Å². The fourth-order valence-electron chi connectivity index (χ4n) is 2.54. The molecule has 1 saturated carbocycles. The normalized spacial score (nSPS) is 21.0. The molecular formula is C14H18N2O5. The number of hydrogen-bond acceptors (Lipinski definition) is 5. The average Bonchev–Trinajstić information content (AvgIpc) is 2.89. The monoisotopic (exact) mass is 294 g/mol. The molecule has 2 rings (SSSR count). The molecule has 2 N–H and O–H groups in total. The molecule has 21 heavy (non-hydrogen) atoms. The van der Waals surface area contributed by atoms with Crippen molar-refractivity contribution >= 4 is 11.6 Å². The van der Waals surface area contributed by atoms with E-state index in [1.807, 2.05) is 0 Å². The van der Waals surface area contributed by atoms with Gasteiger partial charge in [-0.05, 0) is 31.2 Å². The van der Waals surface area contributed by atoms with Crippen molar-refractivity contribution < 1.29 is 19.6 Å². The number of nitro benzene ring substituents is 1. The zero-order valence-corrected chi connectivity index (χ0v) is 11.7. The summed E-state index contributed by atoms with van der Waals surface area (Å²) in [6.45, 7) is 0.495. The van der Waals surface area contributed by atoms with Crippen molar-refractivity contribution in [2.75, 3.05) is 13.7 Å². The Morgan fingerprint density at radius 1 is 1.52 bits per heavy atom. The summed E-state index contributed by atoms with van der Waals surface area (Å²) in [5.41, 5.74) is 0.143. The van der Waals surface area contributed by atoms with E-state index in [2.05, 4.69) is 5.32 Å². The van der Waals surface area contributed by atoms with Crippen molar-refractivity contribution in [1.82, 2.24) is 5.32 Å². The first-order valence-electron chi connectivity index (χ1n) is 6.80. The number of nitrogens with one attached hydrogen (secondary N) is 1. The number of nitro groups is 1. The topological polar surface area (TPSA) is 102 Å². The summed E-state index contributed by atoms with van der Waals surface area (Å²) in [6.07, 6.45) is 2.09. The van der Waals surface area contributed by atoms with Gasteiger partial charge in [-0.15, -0.1) is 0 Å². The Balaban J connectivity index is 2.00. The third kappa shape index (κ3) is 3.69. The number of amides is 1. The van der Waals surface area contributed by atoms with E-state index >= 15 is 0 Å². The minimum absolute atomic E-state index is 0.0592. The van der Waals surface area contributed by atoms with Gasteiger partial charge >= 0.3 is 5.69 Å². The van der Waals surface area contributed by atoms with Crippen LogP contribution in [0.2, 0.25) is 0 Å². The maximum atomic E-state index is 12.0. The smallest absolute Gasteiger partial charge is 0.310 e. The third-order valence-electron chi connectivity index (χ3n) is 3.70. The Hall–Kier alpha value is -2.15. The second-order valence-electron chi connectivity index (χ2n) is 5.19. The van der Waals surface area contributed by atoms with Crippen LogP contribution in [-0.2, 0) is 0 Å². The standard InChI is InChI=1S/C14H18N2O5/c1-21-13-7-10(3-5-12(13)16(19)20)14(18)15-8-9-2-4-11(17)6-9/h3,5,7,9,11,17H,2,4,6,8H2,1H3,(H,15,18). The Labute approximate surface area is 122 Å². The molecule has 0 spiro atoms. The molecule has 0 radical (unpaired) electrons. The van der Waals surface area contributed by atoms with E-state index in [4.69, 9.17) is 4.74 Å². The molecule has 0 aliphatic heterocycles. The zero-order valence-electron chi connectivity index (χ0n) is 11.7. The van der Waals surface area contributed by atoms with E-state index in [1.165, 1.54) is 25.3 Å². The number of nitrogens with zero attached hydrogens (tertiary/aromatic N) is 1. The fourth-order valence-corrected chi connectivity index (χ4v) is 2.54. The van der Waals surface area contributed by atoms with E-state index in [1.54, 1.807) is 0 Å². The lowest BCUT2D eigenvalue weighted by atomic mass is 10.1. The second kappa shape index (κ2) is 6.53. The number of aliphatic hydroxyl groups excluding tert-OH is 1. The van der Waals surface area contributed by atoms with Crippen LogP contribution in [0.3, 0.4) is 0 Å². The minimum atomic E-state index is -0.555. The highest BCUT2D eigenvalue weighted by atomic mass is 16.6. The molecule has 2 atom stereocenters. The van der Waals surface area contributed by atoms with E-state index in [9.17, 15) is 20.0 Å². The van der Waals surface area contributed by atoms with E-state index < -0.39 is 4.92 Å². The second-order valence-corrected chi connectivity index (χ2v) is 5.19. The number of aliphatic hydroxyl groups is 1. The van der Waals surface area contributed by atoms with E-state index in [0.29, 0.717) is 18.5 Å². The van der Waals surface area contributed by atoms with Gasteiger partial charge in [0.1, 0.15) is 0 Å². The van der Waals surface area contributed by atoms with Gasteiger partial charge in [0.2, 0.25) is 0 Å². The Kier molecular flexibility index (Phi) is 4.74. The Bertz CT molecular complexity index is 546. The Morgan fingerprint density at radius 2 is 2.29 bits per heavy atom. The summed E-state index contributed by atoms with van der Waals surface area (Å²) < 4.78 is 4.93. The van der Waals surface area contributed by atoms with Crippen molar-refractivity contribution in [2.45, 2.75) is 25.4 Å². The molecule has 0 aromatic heterocycles. The van der Waals surface area contributed by atoms with Gasteiger partial charge in [-0.1, -0.05) is 0 Å². The number of carbonyl (C=O) groups excluding carboxylic acids is 1. The van der Waals surface area contributed by atoms with Crippen LogP contribution in [0.25, 0.3) is 0 Å². The largest absolute Gasteiger partial charge is 0.490 e. The van der Waals surface area contributed by atoms with Crippen molar-refractivity contribution in [1.29, 1.82) is 0 Å². The lowest BCUT2D eigenvalue weighted by molar-refractivity contribution is -0.385. The van der Waals surface area contributed by atoms with Gasteiger partial charge in [0.05, 0.1) is 18.1 Å². The van der Waals surface area contributed by atoms with Crippen molar-refractivity contribution in [2.24, 2.45) is 5.92 Å². The molecule has 1 aromatic carbocycles. The number of methoxy groups -OCH3 is 1. The van der Waals surface area contributed by atoms with Crippen LogP contribution in [0.4, 0.5) is 5.69 Å². The molecule has 7 nitrogen and oxygen atoms in total.